The van der Waals surface area contributed by atoms with Crippen LogP contribution in [0.25, 0.3) is 0 Å². The van der Waals surface area contributed by atoms with Crippen LogP contribution in [0.2, 0.25) is 18.1 Å². The van der Waals surface area contributed by atoms with Crippen molar-refractivity contribution in [2.75, 3.05) is 20.8 Å². The second-order valence-corrected chi connectivity index (χ2v) is 10.3. The molecule has 0 bridgehead atoms. The molecular weight excluding hydrogens is 324 g/mol. The standard InChI is InChI=1S/C18H30O5Si/c1-7-22-18(19)17(23-24(8-2,9-3)10-4)15-12-11-14(20-5)13-16(15)21-6/h11-13,17H,7-10H2,1-6H3/t17-/m1/s1. The van der Waals surface area contributed by atoms with Crippen molar-refractivity contribution in [2.24, 2.45) is 0 Å². The van der Waals surface area contributed by atoms with Crippen LogP contribution in [-0.2, 0) is 14.0 Å². The average molecular weight is 355 g/mol. The van der Waals surface area contributed by atoms with Crippen molar-refractivity contribution in [1.82, 2.24) is 0 Å². The van der Waals surface area contributed by atoms with E-state index in [0.717, 1.165) is 18.1 Å². The van der Waals surface area contributed by atoms with Gasteiger partial charge < -0.3 is 18.6 Å². The van der Waals surface area contributed by atoms with Gasteiger partial charge in [-0.05, 0) is 37.2 Å². The van der Waals surface area contributed by atoms with E-state index in [9.17, 15) is 4.79 Å². The molecule has 1 rings (SSSR count). The van der Waals surface area contributed by atoms with Crippen LogP contribution in [0.4, 0.5) is 0 Å². The van der Waals surface area contributed by atoms with Gasteiger partial charge in [-0.3, -0.25) is 0 Å². The van der Waals surface area contributed by atoms with Crippen molar-refractivity contribution < 1.29 is 23.4 Å². The highest BCUT2D eigenvalue weighted by atomic mass is 28.4. The van der Waals surface area contributed by atoms with Crippen LogP contribution in [0.3, 0.4) is 0 Å². The zero-order chi connectivity index (χ0) is 18.2. The molecule has 0 aromatic heterocycles. The van der Waals surface area contributed by atoms with Gasteiger partial charge in [0.1, 0.15) is 11.5 Å². The van der Waals surface area contributed by atoms with Gasteiger partial charge in [0, 0.05) is 11.6 Å². The molecule has 0 heterocycles. The fraction of sp³-hybridized carbons (Fsp3) is 0.611. The van der Waals surface area contributed by atoms with Crippen molar-refractivity contribution in [3.63, 3.8) is 0 Å². The van der Waals surface area contributed by atoms with E-state index in [2.05, 4.69) is 20.8 Å². The molecule has 1 aromatic rings. The first-order valence-electron chi connectivity index (χ1n) is 8.57. The van der Waals surface area contributed by atoms with Gasteiger partial charge in [0.05, 0.1) is 20.8 Å². The molecular formula is C18H30O5Si. The Morgan fingerprint density at radius 1 is 1.04 bits per heavy atom. The van der Waals surface area contributed by atoms with E-state index in [1.165, 1.54) is 0 Å². The predicted molar refractivity (Wildman–Crippen MR) is 97.2 cm³/mol. The van der Waals surface area contributed by atoms with Crippen LogP contribution in [0.15, 0.2) is 18.2 Å². The Hall–Kier alpha value is -1.53. The predicted octanol–water partition coefficient (Wildman–Crippen LogP) is 4.33. The van der Waals surface area contributed by atoms with Gasteiger partial charge in [0.15, 0.2) is 14.4 Å². The number of hydrogen-bond donors (Lipinski definition) is 0. The third-order valence-electron chi connectivity index (χ3n) is 4.52. The summed E-state index contributed by atoms with van der Waals surface area (Å²) >= 11 is 0. The van der Waals surface area contributed by atoms with E-state index in [-0.39, 0.29) is 5.97 Å². The van der Waals surface area contributed by atoms with Crippen LogP contribution in [-0.4, -0.2) is 35.1 Å². The number of benzene rings is 1. The fourth-order valence-electron chi connectivity index (χ4n) is 2.74. The Bertz CT molecular complexity index is 520. The van der Waals surface area contributed by atoms with Gasteiger partial charge in [-0.1, -0.05) is 20.8 Å². The summed E-state index contributed by atoms with van der Waals surface area (Å²) in [4.78, 5) is 12.6. The van der Waals surface area contributed by atoms with E-state index >= 15 is 0 Å². The van der Waals surface area contributed by atoms with Crippen molar-refractivity contribution in [1.29, 1.82) is 0 Å². The van der Waals surface area contributed by atoms with Crippen molar-refractivity contribution in [3.8, 4) is 11.5 Å². The molecule has 24 heavy (non-hydrogen) atoms. The average Bonchev–Trinajstić information content (AvgIpc) is 2.63. The molecule has 0 saturated carbocycles. The normalized spacial score (nSPS) is 12.6. The number of carbonyl (C=O) groups excluding carboxylic acids is 1. The van der Waals surface area contributed by atoms with Crippen LogP contribution < -0.4 is 9.47 Å². The summed E-state index contributed by atoms with van der Waals surface area (Å²) < 4.78 is 22.4. The lowest BCUT2D eigenvalue weighted by molar-refractivity contribution is -0.152. The molecule has 0 aliphatic carbocycles. The van der Waals surface area contributed by atoms with Crippen LogP contribution in [0, 0.1) is 0 Å². The molecule has 5 nitrogen and oxygen atoms in total. The molecule has 0 saturated heterocycles. The van der Waals surface area contributed by atoms with Gasteiger partial charge in [0.25, 0.3) is 0 Å². The summed E-state index contributed by atoms with van der Waals surface area (Å²) in [6, 6.07) is 8.25. The molecule has 0 fully saturated rings. The minimum absolute atomic E-state index is 0.316. The lowest BCUT2D eigenvalue weighted by atomic mass is 10.1. The van der Waals surface area contributed by atoms with Gasteiger partial charge in [-0.15, -0.1) is 0 Å². The molecule has 0 aliphatic rings. The number of methoxy groups -OCH3 is 2. The van der Waals surface area contributed by atoms with Crippen molar-refractivity contribution in [2.45, 2.75) is 51.9 Å². The summed E-state index contributed by atoms with van der Waals surface area (Å²) in [5, 5.41) is 0. The van der Waals surface area contributed by atoms with E-state index in [0.29, 0.717) is 23.7 Å². The zero-order valence-corrected chi connectivity index (χ0v) is 16.7. The maximum absolute atomic E-state index is 12.6. The molecule has 0 N–H and O–H groups in total. The molecule has 1 atom stereocenters. The maximum Gasteiger partial charge on any atom is 0.338 e. The van der Waals surface area contributed by atoms with E-state index < -0.39 is 14.4 Å². The largest absolute Gasteiger partial charge is 0.497 e. The number of esters is 1. The second kappa shape index (κ2) is 9.69. The van der Waals surface area contributed by atoms with Crippen LogP contribution in [0.1, 0.15) is 39.4 Å². The van der Waals surface area contributed by atoms with Crippen LogP contribution >= 0.6 is 0 Å². The Kier molecular flexibility index (Phi) is 8.28. The Labute approximate surface area is 146 Å². The lowest BCUT2D eigenvalue weighted by Crippen LogP contribution is -2.39. The third kappa shape index (κ3) is 4.74. The molecule has 1 aromatic carbocycles. The third-order valence-corrected chi connectivity index (χ3v) is 9.13. The first-order valence-corrected chi connectivity index (χ1v) is 11.1. The monoisotopic (exact) mass is 354 g/mol. The number of ether oxygens (including phenoxy) is 3. The molecule has 0 spiro atoms. The fourth-order valence-corrected chi connectivity index (χ4v) is 5.46. The smallest absolute Gasteiger partial charge is 0.338 e. The van der Waals surface area contributed by atoms with E-state index in [1.54, 1.807) is 33.3 Å². The van der Waals surface area contributed by atoms with Crippen LogP contribution in [0.5, 0.6) is 11.5 Å². The topological polar surface area (TPSA) is 54.0 Å². The van der Waals surface area contributed by atoms with Gasteiger partial charge in [-0.2, -0.15) is 0 Å². The highest BCUT2D eigenvalue weighted by Gasteiger charge is 2.37. The minimum atomic E-state index is -2.00. The molecule has 0 radical (unpaired) electrons. The number of carbonyl (C=O) groups is 1. The maximum atomic E-state index is 12.6. The summed E-state index contributed by atoms with van der Waals surface area (Å²) in [6.45, 7) is 8.51. The minimum Gasteiger partial charge on any atom is -0.497 e. The first-order chi connectivity index (χ1) is 11.5. The van der Waals surface area contributed by atoms with Gasteiger partial charge >= 0.3 is 5.97 Å². The molecule has 136 valence electrons. The van der Waals surface area contributed by atoms with Crippen molar-refractivity contribution in [3.05, 3.63) is 23.8 Å². The number of rotatable bonds is 10. The molecule has 0 unspecified atom stereocenters. The summed E-state index contributed by atoms with van der Waals surface area (Å²) in [6.07, 6.45) is -0.766. The molecule has 0 amide bonds. The highest BCUT2D eigenvalue weighted by Crippen LogP contribution is 2.36. The summed E-state index contributed by atoms with van der Waals surface area (Å²) in [5.74, 6) is 0.870. The Morgan fingerprint density at radius 2 is 1.67 bits per heavy atom. The molecule has 6 heteroatoms. The Morgan fingerprint density at radius 3 is 2.12 bits per heavy atom. The second-order valence-electron chi connectivity index (χ2n) is 5.60. The van der Waals surface area contributed by atoms with Crippen molar-refractivity contribution >= 4 is 14.3 Å². The number of hydrogen-bond acceptors (Lipinski definition) is 5. The van der Waals surface area contributed by atoms with E-state index in [1.807, 2.05) is 6.07 Å². The van der Waals surface area contributed by atoms with Gasteiger partial charge in [-0.25, -0.2) is 4.79 Å². The Balaban J connectivity index is 3.31. The quantitative estimate of drug-likeness (QED) is 0.462. The highest BCUT2D eigenvalue weighted by molar-refractivity contribution is 6.73. The first kappa shape index (κ1) is 20.5. The summed E-state index contributed by atoms with van der Waals surface area (Å²) in [7, 11) is 1.17. The SMILES string of the molecule is CCOC(=O)[C@H](O[Si](CC)(CC)CC)c1ccc(OC)cc1OC. The van der Waals surface area contributed by atoms with Gasteiger partial charge in [0.2, 0.25) is 0 Å². The zero-order valence-electron chi connectivity index (χ0n) is 15.7. The van der Waals surface area contributed by atoms with E-state index in [4.69, 9.17) is 18.6 Å². The summed E-state index contributed by atoms with van der Waals surface area (Å²) in [5.41, 5.74) is 0.684. The molecule has 0 aliphatic heterocycles. The lowest BCUT2D eigenvalue weighted by Gasteiger charge is -2.32.